The highest BCUT2D eigenvalue weighted by Crippen LogP contribution is 2.27. The summed E-state index contributed by atoms with van der Waals surface area (Å²) in [6.45, 7) is 5.11. The van der Waals surface area contributed by atoms with Gasteiger partial charge < -0.3 is 9.47 Å². The number of thioether (sulfide) groups is 1. The molecule has 0 bridgehead atoms. The standard InChI is InChI=1S/C21H24N2O3S2/c1-4-27-12-11-23(21(24)25-3)18-10-9-16(13-15(18)2)26-14-20-22-17-7-5-6-8-19(17)28-20/h5-10,13H,4,11-12,14H2,1-3H3. The molecule has 7 heteroatoms. The molecular weight excluding hydrogens is 392 g/mol. The number of benzene rings is 2. The summed E-state index contributed by atoms with van der Waals surface area (Å²) < 4.78 is 12.0. The number of methoxy groups -OCH3 is 1. The number of fused-ring (bicyclic) bond motifs is 1. The van der Waals surface area contributed by atoms with Crippen molar-refractivity contribution in [3.05, 3.63) is 53.0 Å². The lowest BCUT2D eigenvalue weighted by Gasteiger charge is -2.23. The largest absolute Gasteiger partial charge is 0.486 e. The number of hydrogen-bond donors (Lipinski definition) is 0. The molecule has 0 N–H and O–H groups in total. The number of nitrogens with zero attached hydrogens (tertiary/aromatic N) is 2. The maximum atomic E-state index is 12.2. The SMILES string of the molecule is CCSCCN(C(=O)OC)c1ccc(OCc2nc3ccccc3s2)cc1C. The first-order valence-electron chi connectivity index (χ1n) is 9.13. The van der Waals surface area contributed by atoms with E-state index in [4.69, 9.17) is 9.47 Å². The zero-order chi connectivity index (χ0) is 19.9. The van der Waals surface area contributed by atoms with E-state index in [9.17, 15) is 4.79 Å². The number of hydrogen-bond acceptors (Lipinski definition) is 6. The molecule has 0 aliphatic carbocycles. The van der Waals surface area contributed by atoms with Gasteiger partial charge in [-0.3, -0.25) is 4.90 Å². The Morgan fingerprint density at radius 3 is 2.79 bits per heavy atom. The Morgan fingerprint density at radius 2 is 2.07 bits per heavy atom. The third-order valence-corrected chi connectivity index (χ3v) is 6.11. The van der Waals surface area contributed by atoms with E-state index >= 15 is 0 Å². The topological polar surface area (TPSA) is 51.7 Å². The smallest absolute Gasteiger partial charge is 0.414 e. The number of para-hydroxylation sites is 1. The lowest BCUT2D eigenvalue weighted by Crippen LogP contribution is -2.33. The molecule has 0 radical (unpaired) electrons. The van der Waals surface area contributed by atoms with Crippen LogP contribution in [0.2, 0.25) is 0 Å². The zero-order valence-corrected chi connectivity index (χ0v) is 17.9. The molecule has 0 saturated carbocycles. The van der Waals surface area contributed by atoms with Crippen molar-refractivity contribution in [1.29, 1.82) is 0 Å². The number of carbonyl (C=O) groups is 1. The molecule has 1 heterocycles. The van der Waals surface area contributed by atoms with Gasteiger partial charge in [-0.1, -0.05) is 19.1 Å². The fourth-order valence-electron chi connectivity index (χ4n) is 2.87. The number of anilines is 1. The van der Waals surface area contributed by atoms with Gasteiger partial charge in [0.05, 0.1) is 23.0 Å². The third kappa shape index (κ3) is 4.97. The highest BCUT2D eigenvalue weighted by Gasteiger charge is 2.18. The minimum atomic E-state index is -0.344. The van der Waals surface area contributed by atoms with Gasteiger partial charge in [-0.25, -0.2) is 9.78 Å². The predicted octanol–water partition coefficient (Wildman–Crippen LogP) is 5.51. The van der Waals surface area contributed by atoms with Crippen molar-refractivity contribution in [2.24, 2.45) is 0 Å². The summed E-state index contributed by atoms with van der Waals surface area (Å²) in [5.41, 5.74) is 2.81. The Balaban J connectivity index is 1.70. The van der Waals surface area contributed by atoms with Gasteiger partial charge in [0.15, 0.2) is 0 Å². The van der Waals surface area contributed by atoms with Gasteiger partial charge in [-0.05, 0) is 48.6 Å². The van der Waals surface area contributed by atoms with E-state index in [0.717, 1.165) is 43.7 Å². The fraction of sp³-hybridized carbons (Fsp3) is 0.333. The molecule has 0 fully saturated rings. The van der Waals surface area contributed by atoms with Crippen LogP contribution in [0, 0.1) is 6.92 Å². The maximum Gasteiger partial charge on any atom is 0.414 e. The van der Waals surface area contributed by atoms with E-state index < -0.39 is 0 Å². The second-order valence-corrected chi connectivity index (χ2v) is 8.64. The van der Waals surface area contributed by atoms with Crippen LogP contribution >= 0.6 is 23.1 Å². The number of rotatable bonds is 8. The number of amides is 1. The van der Waals surface area contributed by atoms with Crippen LogP contribution in [-0.4, -0.2) is 36.2 Å². The van der Waals surface area contributed by atoms with Crippen LogP contribution in [0.1, 0.15) is 17.5 Å². The van der Waals surface area contributed by atoms with Gasteiger partial charge in [-0.2, -0.15) is 11.8 Å². The molecule has 148 valence electrons. The molecule has 0 aliphatic heterocycles. The minimum Gasteiger partial charge on any atom is -0.486 e. The first-order valence-corrected chi connectivity index (χ1v) is 11.1. The minimum absolute atomic E-state index is 0.344. The third-order valence-electron chi connectivity index (χ3n) is 4.22. The van der Waals surface area contributed by atoms with Crippen LogP contribution in [0.5, 0.6) is 5.75 Å². The van der Waals surface area contributed by atoms with Gasteiger partial charge in [0, 0.05) is 12.3 Å². The highest BCUT2D eigenvalue weighted by atomic mass is 32.2. The van der Waals surface area contributed by atoms with Crippen molar-refractivity contribution in [2.75, 3.05) is 30.1 Å². The van der Waals surface area contributed by atoms with Gasteiger partial charge in [0.2, 0.25) is 0 Å². The Kier molecular flexibility index (Phi) is 7.17. The van der Waals surface area contributed by atoms with Crippen LogP contribution in [0.25, 0.3) is 10.2 Å². The zero-order valence-electron chi connectivity index (χ0n) is 16.3. The molecule has 0 saturated heterocycles. The van der Waals surface area contributed by atoms with Gasteiger partial charge in [-0.15, -0.1) is 11.3 Å². The molecule has 2 aromatic carbocycles. The lowest BCUT2D eigenvalue weighted by molar-refractivity contribution is 0.179. The Labute approximate surface area is 173 Å². The molecule has 0 spiro atoms. The van der Waals surface area contributed by atoms with Crippen molar-refractivity contribution < 1.29 is 14.3 Å². The molecule has 5 nitrogen and oxygen atoms in total. The summed E-state index contributed by atoms with van der Waals surface area (Å²) in [4.78, 5) is 18.5. The molecule has 0 aliphatic rings. The Bertz CT molecular complexity index is 909. The van der Waals surface area contributed by atoms with Crippen LogP contribution < -0.4 is 9.64 Å². The van der Waals surface area contributed by atoms with Crippen LogP contribution in [0.3, 0.4) is 0 Å². The van der Waals surface area contributed by atoms with E-state index in [2.05, 4.69) is 18.0 Å². The first kappa shape index (κ1) is 20.5. The van der Waals surface area contributed by atoms with E-state index in [1.807, 2.05) is 43.3 Å². The lowest BCUT2D eigenvalue weighted by atomic mass is 10.1. The monoisotopic (exact) mass is 416 g/mol. The maximum absolute atomic E-state index is 12.2. The van der Waals surface area contributed by atoms with Crippen molar-refractivity contribution in [1.82, 2.24) is 4.98 Å². The predicted molar refractivity (Wildman–Crippen MR) is 118 cm³/mol. The summed E-state index contributed by atoms with van der Waals surface area (Å²) >= 11 is 3.43. The molecule has 1 aromatic heterocycles. The Hall–Kier alpha value is -2.25. The second-order valence-electron chi connectivity index (χ2n) is 6.13. The summed E-state index contributed by atoms with van der Waals surface area (Å²) in [7, 11) is 1.41. The normalized spacial score (nSPS) is 10.8. The van der Waals surface area contributed by atoms with Crippen LogP contribution in [0.4, 0.5) is 10.5 Å². The van der Waals surface area contributed by atoms with E-state index in [1.54, 1.807) is 28.0 Å². The Morgan fingerprint density at radius 1 is 1.25 bits per heavy atom. The summed E-state index contributed by atoms with van der Waals surface area (Å²) in [6, 6.07) is 13.8. The average Bonchev–Trinajstić information content (AvgIpc) is 3.13. The van der Waals surface area contributed by atoms with E-state index in [-0.39, 0.29) is 6.09 Å². The van der Waals surface area contributed by atoms with Gasteiger partial charge >= 0.3 is 6.09 Å². The molecule has 0 atom stereocenters. The number of aryl methyl sites for hydroxylation is 1. The van der Waals surface area contributed by atoms with Gasteiger partial charge in [0.25, 0.3) is 0 Å². The summed E-state index contributed by atoms with van der Waals surface area (Å²) in [5, 5.41) is 0.940. The molecule has 0 unspecified atom stereocenters. The van der Waals surface area contributed by atoms with Crippen molar-refractivity contribution in [2.45, 2.75) is 20.5 Å². The van der Waals surface area contributed by atoms with E-state index in [0.29, 0.717) is 13.2 Å². The number of ether oxygens (including phenoxy) is 2. The van der Waals surface area contributed by atoms with Crippen LogP contribution in [-0.2, 0) is 11.3 Å². The van der Waals surface area contributed by atoms with E-state index in [1.165, 1.54) is 7.11 Å². The number of thiazole rings is 1. The summed E-state index contributed by atoms with van der Waals surface area (Å²) in [6.07, 6.45) is -0.344. The molecule has 3 aromatic rings. The van der Waals surface area contributed by atoms with Gasteiger partial charge in [0.1, 0.15) is 17.4 Å². The first-order chi connectivity index (χ1) is 13.6. The average molecular weight is 417 g/mol. The van der Waals surface area contributed by atoms with Crippen molar-refractivity contribution >= 4 is 45.1 Å². The second kappa shape index (κ2) is 9.80. The number of aromatic nitrogens is 1. The van der Waals surface area contributed by atoms with Crippen molar-refractivity contribution in [3.8, 4) is 5.75 Å². The summed E-state index contributed by atoms with van der Waals surface area (Å²) in [5.74, 6) is 2.64. The van der Waals surface area contributed by atoms with Crippen LogP contribution in [0.15, 0.2) is 42.5 Å². The molecule has 3 rings (SSSR count). The molecule has 28 heavy (non-hydrogen) atoms. The molecule has 1 amide bonds. The quantitative estimate of drug-likeness (QED) is 0.453. The fourth-order valence-corrected chi connectivity index (χ4v) is 4.35. The number of carbonyl (C=O) groups excluding carboxylic acids is 1. The molecular formula is C21H24N2O3S2. The van der Waals surface area contributed by atoms with Crippen molar-refractivity contribution in [3.63, 3.8) is 0 Å². The highest BCUT2D eigenvalue weighted by molar-refractivity contribution is 7.99.